The van der Waals surface area contributed by atoms with E-state index >= 15 is 0 Å². The van der Waals surface area contributed by atoms with Gasteiger partial charge in [-0.2, -0.15) is 0 Å². The average molecular weight is 259 g/mol. The molecule has 2 unspecified atom stereocenters. The van der Waals surface area contributed by atoms with Crippen molar-refractivity contribution in [1.29, 1.82) is 0 Å². The Morgan fingerprint density at radius 1 is 1.58 bits per heavy atom. The van der Waals surface area contributed by atoms with E-state index in [0.717, 1.165) is 30.5 Å². The van der Waals surface area contributed by atoms with Crippen molar-refractivity contribution in [2.24, 2.45) is 11.8 Å². The van der Waals surface area contributed by atoms with Gasteiger partial charge in [-0.3, -0.25) is 4.79 Å². The SMILES string of the molecule is CN(Cc1ccc2nc[nH]c2c1)CC1CC1C(=O)O. The minimum absolute atomic E-state index is 0.127. The average Bonchev–Trinajstić information content (AvgIpc) is 2.97. The third-order valence-corrected chi connectivity index (χ3v) is 3.72. The lowest BCUT2D eigenvalue weighted by molar-refractivity contribution is -0.138. The second-order valence-corrected chi connectivity index (χ2v) is 5.39. The highest BCUT2D eigenvalue weighted by molar-refractivity contribution is 5.75. The molecule has 1 heterocycles. The molecule has 0 radical (unpaired) electrons. The lowest BCUT2D eigenvalue weighted by Gasteiger charge is -2.16. The van der Waals surface area contributed by atoms with Gasteiger partial charge in [-0.05, 0) is 37.1 Å². The molecule has 0 saturated heterocycles. The highest BCUT2D eigenvalue weighted by atomic mass is 16.4. The molecule has 0 aliphatic heterocycles. The van der Waals surface area contributed by atoms with Crippen molar-refractivity contribution in [3.8, 4) is 0 Å². The largest absolute Gasteiger partial charge is 0.481 e. The highest BCUT2D eigenvalue weighted by Gasteiger charge is 2.43. The number of H-pyrrole nitrogens is 1. The molecule has 0 spiro atoms. The number of fused-ring (bicyclic) bond motifs is 1. The Balaban J connectivity index is 1.60. The molecule has 1 aromatic heterocycles. The number of imidazole rings is 1. The van der Waals surface area contributed by atoms with E-state index in [0.29, 0.717) is 5.92 Å². The van der Waals surface area contributed by atoms with Gasteiger partial charge in [0.15, 0.2) is 0 Å². The van der Waals surface area contributed by atoms with Crippen molar-refractivity contribution in [1.82, 2.24) is 14.9 Å². The maximum atomic E-state index is 10.8. The number of aromatic amines is 1. The summed E-state index contributed by atoms with van der Waals surface area (Å²) in [6.07, 6.45) is 2.51. The van der Waals surface area contributed by atoms with Crippen molar-refractivity contribution in [3.63, 3.8) is 0 Å². The van der Waals surface area contributed by atoms with Crippen LogP contribution >= 0.6 is 0 Å². The molecule has 3 rings (SSSR count). The zero-order valence-electron chi connectivity index (χ0n) is 10.8. The maximum absolute atomic E-state index is 10.8. The van der Waals surface area contributed by atoms with Crippen LogP contribution in [0.2, 0.25) is 0 Å². The number of aliphatic carboxylic acids is 1. The van der Waals surface area contributed by atoms with Crippen LogP contribution in [0.25, 0.3) is 11.0 Å². The van der Waals surface area contributed by atoms with E-state index in [2.05, 4.69) is 27.0 Å². The monoisotopic (exact) mass is 259 g/mol. The highest BCUT2D eigenvalue weighted by Crippen LogP contribution is 2.39. The van der Waals surface area contributed by atoms with Gasteiger partial charge in [0.05, 0.1) is 23.3 Å². The summed E-state index contributed by atoms with van der Waals surface area (Å²) in [5.74, 6) is -0.465. The summed E-state index contributed by atoms with van der Waals surface area (Å²) in [6.45, 7) is 1.68. The number of carboxylic acids is 1. The molecule has 1 aliphatic rings. The first-order valence-corrected chi connectivity index (χ1v) is 6.47. The van der Waals surface area contributed by atoms with Gasteiger partial charge in [-0.25, -0.2) is 4.98 Å². The molecule has 5 heteroatoms. The first-order chi connectivity index (χ1) is 9.13. The standard InChI is InChI=1S/C14H17N3O2/c1-17(7-10-5-11(10)14(18)19)6-9-2-3-12-13(4-9)16-8-15-12/h2-4,8,10-11H,5-7H2,1H3,(H,15,16)(H,18,19). The van der Waals surface area contributed by atoms with Crippen LogP contribution in [0, 0.1) is 11.8 Å². The molecule has 2 N–H and O–H groups in total. The van der Waals surface area contributed by atoms with Crippen LogP contribution in [0.4, 0.5) is 0 Å². The van der Waals surface area contributed by atoms with Gasteiger partial charge in [0.1, 0.15) is 0 Å². The molecule has 0 bridgehead atoms. The molecular weight excluding hydrogens is 242 g/mol. The van der Waals surface area contributed by atoms with E-state index in [1.165, 1.54) is 5.56 Å². The summed E-state index contributed by atoms with van der Waals surface area (Å²) in [5.41, 5.74) is 3.23. The van der Waals surface area contributed by atoms with E-state index in [1.54, 1.807) is 6.33 Å². The fourth-order valence-electron chi connectivity index (χ4n) is 2.61. The summed E-state index contributed by atoms with van der Waals surface area (Å²) in [6, 6.07) is 6.17. The van der Waals surface area contributed by atoms with Crippen molar-refractivity contribution in [2.75, 3.05) is 13.6 Å². The van der Waals surface area contributed by atoms with Gasteiger partial charge >= 0.3 is 5.97 Å². The number of aromatic nitrogens is 2. The van der Waals surface area contributed by atoms with Crippen LogP contribution in [0.3, 0.4) is 0 Å². The normalized spacial score (nSPS) is 22.0. The number of benzene rings is 1. The second-order valence-electron chi connectivity index (χ2n) is 5.39. The fourth-order valence-corrected chi connectivity index (χ4v) is 2.61. The zero-order valence-corrected chi connectivity index (χ0v) is 10.8. The van der Waals surface area contributed by atoms with Crippen LogP contribution in [0.1, 0.15) is 12.0 Å². The van der Waals surface area contributed by atoms with Gasteiger partial charge in [0, 0.05) is 13.1 Å². The molecule has 2 atom stereocenters. The molecular formula is C14H17N3O2. The first-order valence-electron chi connectivity index (χ1n) is 6.47. The summed E-state index contributed by atoms with van der Waals surface area (Å²) in [7, 11) is 2.04. The third-order valence-electron chi connectivity index (χ3n) is 3.72. The Hall–Kier alpha value is -1.88. The van der Waals surface area contributed by atoms with E-state index in [9.17, 15) is 4.79 Å². The number of nitrogens with zero attached hydrogens (tertiary/aromatic N) is 2. The fraction of sp³-hybridized carbons (Fsp3) is 0.429. The number of hydrogen-bond donors (Lipinski definition) is 2. The Labute approximate surface area is 111 Å². The van der Waals surface area contributed by atoms with Gasteiger partial charge in [0.2, 0.25) is 0 Å². The summed E-state index contributed by atoms with van der Waals surface area (Å²) in [4.78, 5) is 20.3. The third kappa shape index (κ3) is 2.61. The number of carbonyl (C=O) groups is 1. The predicted molar refractivity (Wildman–Crippen MR) is 71.7 cm³/mol. The number of carboxylic acid groups (broad SMARTS) is 1. The molecule has 100 valence electrons. The Bertz CT molecular complexity index is 608. The predicted octanol–water partition coefficient (Wildman–Crippen LogP) is 1.72. The zero-order chi connectivity index (χ0) is 13.4. The van der Waals surface area contributed by atoms with Gasteiger partial charge in [0.25, 0.3) is 0 Å². The number of hydrogen-bond acceptors (Lipinski definition) is 3. The Kier molecular flexibility index (Phi) is 2.98. The molecule has 1 fully saturated rings. The molecule has 1 saturated carbocycles. The van der Waals surface area contributed by atoms with Crippen LogP contribution in [-0.2, 0) is 11.3 Å². The minimum Gasteiger partial charge on any atom is -0.481 e. The molecule has 19 heavy (non-hydrogen) atoms. The van der Waals surface area contributed by atoms with Crippen LogP contribution in [0.15, 0.2) is 24.5 Å². The number of nitrogens with one attached hydrogen (secondary N) is 1. The van der Waals surface area contributed by atoms with Crippen molar-refractivity contribution < 1.29 is 9.90 Å². The van der Waals surface area contributed by atoms with Crippen molar-refractivity contribution in [2.45, 2.75) is 13.0 Å². The van der Waals surface area contributed by atoms with Crippen LogP contribution < -0.4 is 0 Å². The number of rotatable bonds is 5. The summed E-state index contributed by atoms with van der Waals surface area (Å²) < 4.78 is 0. The smallest absolute Gasteiger partial charge is 0.306 e. The Morgan fingerprint density at radius 2 is 2.42 bits per heavy atom. The quantitative estimate of drug-likeness (QED) is 0.857. The molecule has 5 nitrogen and oxygen atoms in total. The van der Waals surface area contributed by atoms with E-state index in [4.69, 9.17) is 5.11 Å². The lowest BCUT2D eigenvalue weighted by atomic mass is 10.2. The Morgan fingerprint density at radius 3 is 3.16 bits per heavy atom. The summed E-state index contributed by atoms with van der Waals surface area (Å²) in [5, 5.41) is 8.89. The minimum atomic E-state index is -0.655. The van der Waals surface area contributed by atoms with Gasteiger partial charge in [-0.15, -0.1) is 0 Å². The molecule has 1 aliphatic carbocycles. The van der Waals surface area contributed by atoms with Crippen LogP contribution in [0.5, 0.6) is 0 Å². The topological polar surface area (TPSA) is 69.2 Å². The molecule has 0 amide bonds. The van der Waals surface area contributed by atoms with Crippen LogP contribution in [-0.4, -0.2) is 39.5 Å². The van der Waals surface area contributed by atoms with E-state index in [-0.39, 0.29) is 5.92 Å². The first kappa shape index (κ1) is 12.2. The van der Waals surface area contributed by atoms with Gasteiger partial charge < -0.3 is 15.0 Å². The summed E-state index contributed by atoms with van der Waals surface area (Å²) >= 11 is 0. The molecule has 2 aromatic rings. The van der Waals surface area contributed by atoms with E-state index in [1.807, 2.05) is 13.1 Å². The van der Waals surface area contributed by atoms with Crippen molar-refractivity contribution in [3.05, 3.63) is 30.1 Å². The second kappa shape index (κ2) is 4.66. The molecule has 1 aromatic carbocycles. The van der Waals surface area contributed by atoms with E-state index < -0.39 is 5.97 Å². The maximum Gasteiger partial charge on any atom is 0.306 e. The van der Waals surface area contributed by atoms with Crippen molar-refractivity contribution >= 4 is 17.0 Å². The van der Waals surface area contributed by atoms with Gasteiger partial charge in [-0.1, -0.05) is 6.07 Å². The lowest BCUT2D eigenvalue weighted by Crippen LogP contribution is -2.21.